The summed E-state index contributed by atoms with van der Waals surface area (Å²) in [4.78, 5) is 13.7. The van der Waals surface area contributed by atoms with Crippen molar-refractivity contribution >= 4 is 11.6 Å². The highest BCUT2D eigenvalue weighted by Gasteiger charge is 1.98. The SMILES string of the molecule is [C-]#[N+]c1cccc(CC(N)=O)c1. The van der Waals surface area contributed by atoms with Crippen molar-refractivity contribution in [3.05, 3.63) is 41.2 Å². The molecule has 2 N–H and O–H groups in total. The number of primary amides is 1. The predicted octanol–water partition coefficient (Wildman–Crippen LogP) is 1.27. The van der Waals surface area contributed by atoms with Gasteiger partial charge >= 0.3 is 0 Å². The Kier molecular flexibility index (Phi) is 2.44. The summed E-state index contributed by atoms with van der Waals surface area (Å²) in [5, 5.41) is 0. The third-order valence-corrected chi connectivity index (χ3v) is 1.42. The molecule has 1 amide bonds. The minimum absolute atomic E-state index is 0.198. The van der Waals surface area contributed by atoms with Gasteiger partial charge in [0.1, 0.15) is 0 Å². The van der Waals surface area contributed by atoms with Crippen molar-refractivity contribution in [2.75, 3.05) is 0 Å². The van der Waals surface area contributed by atoms with Crippen molar-refractivity contribution in [1.82, 2.24) is 0 Å². The smallest absolute Gasteiger partial charge is 0.221 e. The van der Waals surface area contributed by atoms with Crippen LogP contribution in [0.4, 0.5) is 5.69 Å². The van der Waals surface area contributed by atoms with Gasteiger partial charge in [-0.3, -0.25) is 4.79 Å². The van der Waals surface area contributed by atoms with E-state index in [0.717, 1.165) is 5.56 Å². The number of hydrogen-bond acceptors (Lipinski definition) is 1. The molecule has 1 aromatic carbocycles. The van der Waals surface area contributed by atoms with E-state index in [2.05, 4.69) is 4.85 Å². The molecule has 0 unspecified atom stereocenters. The molecule has 60 valence electrons. The average molecular weight is 160 g/mol. The molecular formula is C9H8N2O. The van der Waals surface area contributed by atoms with Crippen LogP contribution in [0.5, 0.6) is 0 Å². The van der Waals surface area contributed by atoms with Crippen LogP contribution in [-0.2, 0) is 11.2 Å². The zero-order valence-electron chi connectivity index (χ0n) is 6.45. The Morgan fingerprint density at radius 1 is 1.58 bits per heavy atom. The Hall–Kier alpha value is -1.82. The molecule has 0 spiro atoms. The molecule has 0 atom stereocenters. The first-order chi connectivity index (χ1) is 5.72. The van der Waals surface area contributed by atoms with Crippen LogP contribution in [0, 0.1) is 6.57 Å². The normalized spacial score (nSPS) is 8.92. The summed E-state index contributed by atoms with van der Waals surface area (Å²) in [6.45, 7) is 6.73. The number of benzene rings is 1. The van der Waals surface area contributed by atoms with Gasteiger partial charge in [-0.25, -0.2) is 4.85 Å². The second-order valence-electron chi connectivity index (χ2n) is 2.42. The molecule has 0 aliphatic carbocycles. The topological polar surface area (TPSA) is 47.5 Å². The molecule has 0 radical (unpaired) electrons. The fourth-order valence-corrected chi connectivity index (χ4v) is 0.937. The molecule has 0 saturated carbocycles. The predicted molar refractivity (Wildman–Crippen MR) is 45.6 cm³/mol. The number of carbonyl (C=O) groups excluding carboxylic acids is 1. The second-order valence-corrected chi connectivity index (χ2v) is 2.42. The largest absolute Gasteiger partial charge is 0.369 e. The molecule has 0 aliphatic heterocycles. The van der Waals surface area contributed by atoms with Gasteiger partial charge in [0.15, 0.2) is 5.69 Å². The van der Waals surface area contributed by atoms with Gasteiger partial charge < -0.3 is 5.73 Å². The minimum Gasteiger partial charge on any atom is -0.369 e. The van der Waals surface area contributed by atoms with Crippen LogP contribution in [0.15, 0.2) is 24.3 Å². The lowest BCUT2D eigenvalue weighted by molar-refractivity contribution is -0.117. The highest BCUT2D eigenvalue weighted by atomic mass is 16.1. The molecule has 0 aromatic heterocycles. The van der Waals surface area contributed by atoms with Gasteiger partial charge in [0.05, 0.1) is 13.0 Å². The van der Waals surface area contributed by atoms with Crippen LogP contribution in [0.1, 0.15) is 5.56 Å². The van der Waals surface area contributed by atoms with Crippen LogP contribution in [-0.4, -0.2) is 5.91 Å². The first kappa shape index (κ1) is 8.28. The van der Waals surface area contributed by atoms with Crippen molar-refractivity contribution < 1.29 is 4.79 Å². The van der Waals surface area contributed by atoms with Crippen molar-refractivity contribution in [1.29, 1.82) is 0 Å². The summed E-state index contributed by atoms with van der Waals surface area (Å²) in [6.07, 6.45) is 0.198. The number of carbonyl (C=O) groups is 1. The molecule has 0 bridgehead atoms. The van der Waals surface area contributed by atoms with Gasteiger partial charge in [0.2, 0.25) is 5.91 Å². The van der Waals surface area contributed by atoms with E-state index in [1.807, 2.05) is 0 Å². The van der Waals surface area contributed by atoms with E-state index in [4.69, 9.17) is 12.3 Å². The van der Waals surface area contributed by atoms with Crippen molar-refractivity contribution in [3.63, 3.8) is 0 Å². The lowest BCUT2D eigenvalue weighted by Gasteiger charge is -1.96. The van der Waals surface area contributed by atoms with Crippen LogP contribution in [0.25, 0.3) is 4.85 Å². The number of nitrogens with two attached hydrogens (primary N) is 1. The van der Waals surface area contributed by atoms with Gasteiger partial charge in [-0.1, -0.05) is 24.3 Å². The molecule has 0 heterocycles. The van der Waals surface area contributed by atoms with Crippen molar-refractivity contribution in [3.8, 4) is 0 Å². The van der Waals surface area contributed by atoms with E-state index in [9.17, 15) is 4.79 Å². The van der Waals surface area contributed by atoms with E-state index in [1.165, 1.54) is 0 Å². The van der Waals surface area contributed by atoms with Crippen LogP contribution >= 0.6 is 0 Å². The summed E-state index contributed by atoms with van der Waals surface area (Å²) in [7, 11) is 0. The fourth-order valence-electron chi connectivity index (χ4n) is 0.937. The van der Waals surface area contributed by atoms with Crippen molar-refractivity contribution in [2.24, 2.45) is 5.73 Å². The van der Waals surface area contributed by atoms with E-state index < -0.39 is 0 Å². The molecule has 12 heavy (non-hydrogen) atoms. The maximum atomic E-state index is 10.5. The maximum absolute atomic E-state index is 10.5. The third-order valence-electron chi connectivity index (χ3n) is 1.42. The quantitative estimate of drug-likeness (QED) is 0.650. The summed E-state index contributed by atoms with van der Waals surface area (Å²) < 4.78 is 0. The number of amides is 1. The average Bonchev–Trinajstić information content (AvgIpc) is 2.03. The molecule has 0 aliphatic rings. The standard InChI is InChI=1S/C9H8N2O/c1-11-8-4-2-3-7(5-8)6-9(10)12/h2-5H,6H2,(H2,10,12). The fraction of sp³-hybridized carbons (Fsp3) is 0.111. The highest BCUT2D eigenvalue weighted by molar-refractivity contribution is 5.76. The first-order valence-electron chi connectivity index (χ1n) is 3.47. The highest BCUT2D eigenvalue weighted by Crippen LogP contribution is 2.13. The van der Waals surface area contributed by atoms with E-state index in [1.54, 1.807) is 24.3 Å². The molecule has 0 saturated heterocycles. The van der Waals surface area contributed by atoms with Crippen LogP contribution < -0.4 is 5.73 Å². The molecule has 1 rings (SSSR count). The lowest BCUT2D eigenvalue weighted by Crippen LogP contribution is -2.13. The van der Waals surface area contributed by atoms with Gasteiger partial charge in [-0.05, 0) is 5.56 Å². The van der Waals surface area contributed by atoms with Gasteiger partial charge in [0, 0.05) is 0 Å². The Morgan fingerprint density at radius 3 is 2.92 bits per heavy atom. The number of nitrogens with zero attached hydrogens (tertiary/aromatic N) is 1. The third kappa shape index (κ3) is 2.10. The monoisotopic (exact) mass is 160 g/mol. The number of rotatable bonds is 2. The molecule has 0 fully saturated rings. The molecular weight excluding hydrogens is 152 g/mol. The Balaban J connectivity index is 2.88. The van der Waals surface area contributed by atoms with Gasteiger partial charge in [0.25, 0.3) is 0 Å². The van der Waals surface area contributed by atoms with E-state index in [0.29, 0.717) is 5.69 Å². The zero-order chi connectivity index (χ0) is 8.97. The van der Waals surface area contributed by atoms with Crippen LogP contribution in [0.2, 0.25) is 0 Å². The first-order valence-corrected chi connectivity index (χ1v) is 3.47. The second kappa shape index (κ2) is 3.54. The minimum atomic E-state index is -0.378. The summed E-state index contributed by atoms with van der Waals surface area (Å²) in [5.41, 5.74) is 6.32. The summed E-state index contributed by atoms with van der Waals surface area (Å²) >= 11 is 0. The van der Waals surface area contributed by atoms with Crippen molar-refractivity contribution in [2.45, 2.75) is 6.42 Å². The summed E-state index contributed by atoms with van der Waals surface area (Å²) in [6, 6.07) is 6.88. The van der Waals surface area contributed by atoms with Gasteiger partial charge in [-0.2, -0.15) is 0 Å². The Bertz CT molecular complexity index is 339. The Labute approximate surface area is 70.6 Å². The van der Waals surface area contributed by atoms with Crippen LogP contribution in [0.3, 0.4) is 0 Å². The number of hydrogen-bond donors (Lipinski definition) is 1. The summed E-state index contributed by atoms with van der Waals surface area (Å²) in [5.74, 6) is -0.378. The maximum Gasteiger partial charge on any atom is 0.221 e. The zero-order valence-corrected chi connectivity index (χ0v) is 6.45. The van der Waals surface area contributed by atoms with E-state index >= 15 is 0 Å². The van der Waals surface area contributed by atoms with Gasteiger partial charge in [-0.15, -0.1) is 0 Å². The van der Waals surface area contributed by atoms with E-state index in [-0.39, 0.29) is 12.3 Å². The molecule has 3 heteroatoms. The molecule has 3 nitrogen and oxygen atoms in total. The molecule has 1 aromatic rings. The lowest BCUT2D eigenvalue weighted by atomic mass is 10.1. The Morgan fingerprint density at radius 2 is 2.33 bits per heavy atom.